The topological polar surface area (TPSA) is 114 Å². The minimum atomic E-state index is -3.15. The van der Waals surface area contributed by atoms with Gasteiger partial charge in [0, 0.05) is 53.3 Å². The van der Waals surface area contributed by atoms with Crippen LogP contribution < -0.4 is 10.0 Å². The number of aromatic amines is 1. The number of H-pyrrole nitrogens is 1. The molecule has 3 heterocycles. The Hall–Kier alpha value is -3.19. The number of rotatable bonds is 8. The second-order valence-electron chi connectivity index (χ2n) is 8.76. The summed E-state index contributed by atoms with van der Waals surface area (Å²) in [5.41, 5.74) is 5.26. The standard InChI is InChI=1S/C25H30N6O2S/c1-18-22-8-11-28-24(22)7-6-23(18)29-25-19(16-27-17-20(25)15-26)5-3-4-12-31-13-9-21(10-14-31)30-34(2,32)33/h3,5-8,11,16-17,21,28,30H,4,9-10,12-14H2,1-2H3,(H,27,29). The number of nitriles is 1. The molecule has 1 saturated heterocycles. The van der Waals surface area contributed by atoms with E-state index in [-0.39, 0.29) is 6.04 Å². The summed E-state index contributed by atoms with van der Waals surface area (Å²) in [4.78, 5) is 9.82. The van der Waals surface area contributed by atoms with Crippen LogP contribution in [0.2, 0.25) is 0 Å². The fraction of sp³-hybridized carbons (Fsp3) is 0.360. The third-order valence-corrected chi connectivity index (χ3v) is 7.00. The third kappa shape index (κ3) is 5.83. The summed E-state index contributed by atoms with van der Waals surface area (Å²) in [5.74, 6) is 0. The van der Waals surface area contributed by atoms with Crippen LogP contribution in [0.3, 0.4) is 0 Å². The fourth-order valence-electron chi connectivity index (χ4n) is 4.43. The van der Waals surface area contributed by atoms with Crippen LogP contribution in [0.5, 0.6) is 0 Å². The van der Waals surface area contributed by atoms with Crippen molar-refractivity contribution in [2.45, 2.75) is 32.2 Å². The molecule has 0 atom stereocenters. The van der Waals surface area contributed by atoms with Gasteiger partial charge in [0.1, 0.15) is 6.07 Å². The van der Waals surface area contributed by atoms with Crippen LogP contribution >= 0.6 is 0 Å². The number of pyridine rings is 1. The average molecular weight is 479 g/mol. The molecule has 0 unspecified atom stereocenters. The number of nitrogens with zero attached hydrogens (tertiary/aromatic N) is 3. The largest absolute Gasteiger partial charge is 0.361 e. The molecule has 9 heteroatoms. The highest BCUT2D eigenvalue weighted by Gasteiger charge is 2.21. The van der Waals surface area contributed by atoms with Crippen LogP contribution in [-0.4, -0.2) is 55.2 Å². The predicted molar refractivity (Wildman–Crippen MR) is 136 cm³/mol. The van der Waals surface area contributed by atoms with Crippen LogP contribution in [0.15, 0.2) is 42.9 Å². The van der Waals surface area contributed by atoms with Gasteiger partial charge in [-0.15, -0.1) is 0 Å². The number of hydrogen-bond donors (Lipinski definition) is 3. The molecule has 178 valence electrons. The number of anilines is 2. The second-order valence-corrected chi connectivity index (χ2v) is 10.5. The maximum Gasteiger partial charge on any atom is 0.208 e. The van der Waals surface area contributed by atoms with Crippen molar-refractivity contribution in [2.24, 2.45) is 0 Å². The highest BCUT2D eigenvalue weighted by molar-refractivity contribution is 7.88. The van der Waals surface area contributed by atoms with Crippen LogP contribution in [0.25, 0.3) is 17.0 Å². The van der Waals surface area contributed by atoms with E-state index in [0.717, 1.165) is 72.3 Å². The van der Waals surface area contributed by atoms with Gasteiger partial charge >= 0.3 is 0 Å². The maximum absolute atomic E-state index is 11.4. The van der Waals surface area contributed by atoms with Crippen molar-refractivity contribution in [1.29, 1.82) is 5.26 Å². The van der Waals surface area contributed by atoms with Gasteiger partial charge in [0.25, 0.3) is 0 Å². The second kappa shape index (κ2) is 10.4. The number of aryl methyl sites for hydroxylation is 1. The van der Waals surface area contributed by atoms with Gasteiger partial charge in [0.05, 0.1) is 17.5 Å². The van der Waals surface area contributed by atoms with E-state index in [1.807, 2.05) is 24.4 Å². The fourth-order valence-corrected chi connectivity index (χ4v) is 5.27. The molecule has 3 aromatic rings. The van der Waals surface area contributed by atoms with Gasteiger partial charge in [-0.25, -0.2) is 13.1 Å². The zero-order chi connectivity index (χ0) is 24.1. The lowest BCUT2D eigenvalue weighted by Crippen LogP contribution is -2.44. The molecule has 0 bridgehead atoms. The number of piperidine rings is 1. The zero-order valence-electron chi connectivity index (χ0n) is 19.5. The highest BCUT2D eigenvalue weighted by Crippen LogP contribution is 2.30. The average Bonchev–Trinajstić information content (AvgIpc) is 3.29. The van der Waals surface area contributed by atoms with Gasteiger partial charge in [-0.3, -0.25) is 4.98 Å². The van der Waals surface area contributed by atoms with Crippen molar-refractivity contribution < 1.29 is 8.42 Å². The first-order valence-electron chi connectivity index (χ1n) is 11.4. The number of fused-ring (bicyclic) bond motifs is 1. The van der Waals surface area contributed by atoms with Crippen molar-refractivity contribution in [3.8, 4) is 6.07 Å². The molecule has 0 aliphatic carbocycles. The molecule has 0 saturated carbocycles. The molecule has 4 rings (SSSR count). The van der Waals surface area contributed by atoms with E-state index in [1.165, 1.54) is 6.26 Å². The summed E-state index contributed by atoms with van der Waals surface area (Å²) >= 11 is 0. The Morgan fingerprint density at radius 1 is 1.26 bits per heavy atom. The van der Waals surface area contributed by atoms with Crippen molar-refractivity contribution in [3.63, 3.8) is 0 Å². The minimum Gasteiger partial charge on any atom is -0.361 e. The van der Waals surface area contributed by atoms with Gasteiger partial charge in [-0.1, -0.05) is 12.2 Å². The van der Waals surface area contributed by atoms with Crippen molar-refractivity contribution >= 4 is 38.4 Å². The normalized spacial score (nSPS) is 15.7. The quantitative estimate of drug-likeness (QED) is 0.452. The Morgan fingerprint density at radius 3 is 2.79 bits per heavy atom. The van der Waals surface area contributed by atoms with E-state index in [2.05, 4.69) is 50.0 Å². The number of likely N-dealkylation sites (tertiary alicyclic amines) is 1. The number of hydrogen-bond acceptors (Lipinski definition) is 6. The zero-order valence-corrected chi connectivity index (χ0v) is 20.3. The van der Waals surface area contributed by atoms with E-state index in [1.54, 1.807) is 12.4 Å². The first-order chi connectivity index (χ1) is 16.3. The molecule has 0 amide bonds. The van der Waals surface area contributed by atoms with E-state index in [9.17, 15) is 13.7 Å². The smallest absolute Gasteiger partial charge is 0.208 e. The van der Waals surface area contributed by atoms with Crippen LogP contribution in [0, 0.1) is 18.3 Å². The monoisotopic (exact) mass is 478 g/mol. The summed E-state index contributed by atoms with van der Waals surface area (Å²) in [6.45, 7) is 4.72. The molecule has 8 nitrogen and oxygen atoms in total. The van der Waals surface area contributed by atoms with Crippen LogP contribution in [0.1, 0.15) is 36.0 Å². The molecule has 1 fully saturated rings. The number of benzene rings is 1. The summed E-state index contributed by atoms with van der Waals surface area (Å²) in [7, 11) is -3.15. The van der Waals surface area contributed by atoms with Crippen molar-refractivity contribution in [3.05, 3.63) is 59.6 Å². The Labute approximate surface area is 200 Å². The van der Waals surface area contributed by atoms with Gasteiger partial charge in [0.15, 0.2) is 0 Å². The summed E-state index contributed by atoms with van der Waals surface area (Å²) < 4.78 is 25.5. The van der Waals surface area contributed by atoms with Gasteiger partial charge in [-0.05, 0) is 63.0 Å². The van der Waals surface area contributed by atoms with Gasteiger partial charge < -0.3 is 15.2 Å². The van der Waals surface area contributed by atoms with E-state index in [4.69, 9.17) is 0 Å². The Morgan fingerprint density at radius 2 is 2.06 bits per heavy atom. The molecule has 1 aliphatic heterocycles. The first-order valence-corrected chi connectivity index (χ1v) is 13.3. The Bertz CT molecular complexity index is 1330. The van der Waals surface area contributed by atoms with Gasteiger partial charge in [-0.2, -0.15) is 5.26 Å². The number of aromatic nitrogens is 2. The van der Waals surface area contributed by atoms with Crippen LogP contribution in [-0.2, 0) is 10.0 Å². The lowest BCUT2D eigenvalue weighted by Gasteiger charge is -2.31. The first kappa shape index (κ1) is 24.0. The molecule has 0 spiro atoms. The maximum atomic E-state index is 11.4. The number of nitrogens with one attached hydrogen (secondary N) is 3. The molecule has 1 aliphatic rings. The third-order valence-electron chi connectivity index (χ3n) is 6.24. The molecule has 0 radical (unpaired) electrons. The molecule has 2 aromatic heterocycles. The molecule has 1 aromatic carbocycles. The molecule has 3 N–H and O–H groups in total. The van der Waals surface area contributed by atoms with Crippen molar-refractivity contribution in [2.75, 3.05) is 31.2 Å². The van der Waals surface area contributed by atoms with Crippen LogP contribution in [0.4, 0.5) is 11.4 Å². The van der Waals surface area contributed by atoms with E-state index >= 15 is 0 Å². The Kier molecular flexibility index (Phi) is 7.32. The summed E-state index contributed by atoms with van der Waals surface area (Å²) in [6, 6.07) is 8.38. The lowest BCUT2D eigenvalue weighted by atomic mass is 10.1. The molecular formula is C25H30N6O2S. The van der Waals surface area contributed by atoms with E-state index in [0.29, 0.717) is 5.56 Å². The molecular weight excluding hydrogens is 448 g/mol. The lowest BCUT2D eigenvalue weighted by molar-refractivity contribution is 0.211. The van der Waals surface area contributed by atoms with E-state index < -0.39 is 10.0 Å². The SMILES string of the molecule is Cc1c(Nc2c(C#N)cncc2C=CCCN2CCC(NS(C)(=O)=O)CC2)ccc2[nH]ccc12. The summed E-state index contributed by atoms with van der Waals surface area (Å²) in [5, 5.41) is 14.3. The highest BCUT2D eigenvalue weighted by atomic mass is 32.2. The Balaban J connectivity index is 1.41. The summed E-state index contributed by atoms with van der Waals surface area (Å²) in [6.07, 6.45) is 13.1. The van der Waals surface area contributed by atoms with Crippen molar-refractivity contribution in [1.82, 2.24) is 19.6 Å². The number of sulfonamides is 1. The predicted octanol–water partition coefficient (Wildman–Crippen LogP) is 3.90. The van der Waals surface area contributed by atoms with Gasteiger partial charge in [0.2, 0.25) is 10.0 Å². The minimum absolute atomic E-state index is 0.0316. The molecule has 34 heavy (non-hydrogen) atoms.